The van der Waals surface area contributed by atoms with Gasteiger partial charge in [0.2, 0.25) is 5.91 Å². The number of unbranched alkanes of at least 4 members (excludes halogenated alkanes) is 1. The fourth-order valence-electron chi connectivity index (χ4n) is 2.38. The number of rotatable bonds is 5. The molecule has 1 N–H and O–H groups in total. The van der Waals surface area contributed by atoms with Crippen LogP contribution < -0.4 is 0 Å². The Kier molecular flexibility index (Phi) is 5.17. The predicted octanol–water partition coefficient (Wildman–Crippen LogP) is 2.53. The molecule has 0 radical (unpaired) electrons. The number of aliphatic carboxylic acids is 1. The van der Waals surface area contributed by atoms with Gasteiger partial charge >= 0.3 is 5.97 Å². The minimum atomic E-state index is -0.742. The molecule has 1 atom stereocenters. The highest BCUT2D eigenvalue weighted by molar-refractivity contribution is 5.79. The van der Waals surface area contributed by atoms with Crippen molar-refractivity contribution in [1.82, 2.24) is 4.90 Å². The number of carboxylic acids is 1. The third kappa shape index (κ3) is 3.47. The highest BCUT2D eigenvalue weighted by Crippen LogP contribution is 2.31. The number of carbonyl (C=O) groups is 2. The number of piperidine rings is 1. The van der Waals surface area contributed by atoms with Crippen molar-refractivity contribution in [3.8, 4) is 0 Å². The van der Waals surface area contributed by atoms with Gasteiger partial charge in [-0.3, -0.25) is 9.59 Å². The zero-order chi connectivity index (χ0) is 13.8. The summed E-state index contributed by atoms with van der Waals surface area (Å²) in [6.45, 7) is 7.03. The van der Waals surface area contributed by atoms with Gasteiger partial charge < -0.3 is 10.0 Å². The monoisotopic (exact) mass is 255 g/mol. The van der Waals surface area contributed by atoms with Crippen LogP contribution in [-0.4, -0.2) is 35.0 Å². The summed E-state index contributed by atoms with van der Waals surface area (Å²) in [4.78, 5) is 25.1. The molecule has 0 bridgehead atoms. The van der Waals surface area contributed by atoms with Crippen LogP contribution in [-0.2, 0) is 9.59 Å². The number of likely N-dealkylation sites (tertiary alicyclic amines) is 1. The Balaban J connectivity index is 2.47. The van der Waals surface area contributed by atoms with Gasteiger partial charge in [0.1, 0.15) is 0 Å². The maximum atomic E-state index is 12.2. The molecule has 0 spiro atoms. The van der Waals surface area contributed by atoms with E-state index in [0.717, 1.165) is 19.3 Å². The first-order chi connectivity index (χ1) is 8.40. The van der Waals surface area contributed by atoms with E-state index in [4.69, 9.17) is 5.11 Å². The smallest absolute Gasteiger partial charge is 0.309 e. The van der Waals surface area contributed by atoms with Gasteiger partial charge in [0.15, 0.2) is 0 Å². The van der Waals surface area contributed by atoms with E-state index >= 15 is 0 Å². The molecule has 0 aromatic rings. The van der Waals surface area contributed by atoms with Gasteiger partial charge in [-0.25, -0.2) is 0 Å². The summed E-state index contributed by atoms with van der Waals surface area (Å²) < 4.78 is 0. The zero-order valence-electron chi connectivity index (χ0n) is 11.7. The van der Waals surface area contributed by atoms with Gasteiger partial charge in [-0.2, -0.15) is 0 Å². The van der Waals surface area contributed by atoms with Crippen molar-refractivity contribution >= 4 is 11.9 Å². The standard InChI is InChI=1S/C14H25NO3/c1-4-5-6-11(2)12(16)15-9-7-14(3,8-10-15)13(17)18/h11H,4-10H2,1-3H3,(H,17,18). The Morgan fingerprint density at radius 2 is 1.89 bits per heavy atom. The summed E-state index contributed by atoms with van der Waals surface area (Å²) in [6, 6.07) is 0. The minimum absolute atomic E-state index is 0.0686. The second-order valence-corrected chi connectivity index (χ2v) is 5.73. The normalized spacial score (nSPS) is 20.5. The van der Waals surface area contributed by atoms with E-state index < -0.39 is 11.4 Å². The molecule has 1 unspecified atom stereocenters. The average molecular weight is 255 g/mol. The first kappa shape index (κ1) is 15.0. The van der Waals surface area contributed by atoms with E-state index in [1.165, 1.54) is 0 Å². The van der Waals surface area contributed by atoms with Crippen molar-refractivity contribution < 1.29 is 14.7 Å². The van der Waals surface area contributed by atoms with Gasteiger partial charge in [0, 0.05) is 19.0 Å². The molecule has 1 saturated heterocycles. The van der Waals surface area contributed by atoms with Crippen LogP contribution in [0.5, 0.6) is 0 Å². The molecule has 0 aliphatic carbocycles. The summed E-state index contributed by atoms with van der Waals surface area (Å²) in [6.07, 6.45) is 4.24. The Hall–Kier alpha value is -1.06. The number of hydrogen-bond acceptors (Lipinski definition) is 2. The van der Waals surface area contributed by atoms with E-state index in [9.17, 15) is 9.59 Å². The summed E-state index contributed by atoms with van der Waals surface area (Å²) >= 11 is 0. The quantitative estimate of drug-likeness (QED) is 0.821. The Labute approximate surface area is 109 Å². The van der Waals surface area contributed by atoms with Gasteiger partial charge in [0.05, 0.1) is 5.41 Å². The van der Waals surface area contributed by atoms with E-state index in [2.05, 4.69) is 6.92 Å². The lowest BCUT2D eigenvalue weighted by Gasteiger charge is -2.37. The van der Waals surface area contributed by atoms with Crippen LogP contribution in [0, 0.1) is 11.3 Å². The zero-order valence-corrected chi connectivity index (χ0v) is 11.7. The van der Waals surface area contributed by atoms with Gasteiger partial charge in [-0.15, -0.1) is 0 Å². The molecular weight excluding hydrogens is 230 g/mol. The largest absolute Gasteiger partial charge is 0.481 e. The number of carbonyl (C=O) groups excluding carboxylic acids is 1. The molecule has 1 fully saturated rings. The summed E-state index contributed by atoms with van der Waals surface area (Å²) in [5.41, 5.74) is -0.649. The highest BCUT2D eigenvalue weighted by Gasteiger charge is 2.38. The van der Waals surface area contributed by atoms with Crippen LogP contribution in [0.25, 0.3) is 0 Å². The van der Waals surface area contributed by atoms with Gasteiger partial charge in [0.25, 0.3) is 0 Å². The van der Waals surface area contributed by atoms with Crippen LogP contribution in [0.2, 0.25) is 0 Å². The SMILES string of the molecule is CCCCC(C)C(=O)N1CCC(C)(C(=O)O)CC1. The molecule has 1 aliphatic heterocycles. The van der Waals surface area contributed by atoms with E-state index in [-0.39, 0.29) is 11.8 Å². The van der Waals surface area contributed by atoms with Gasteiger partial charge in [-0.1, -0.05) is 26.7 Å². The van der Waals surface area contributed by atoms with Crippen LogP contribution in [0.3, 0.4) is 0 Å². The average Bonchev–Trinajstić information content (AvgIpc) is 2.35. The topological polar surface area (TPSA) is 57.6 Å². The Morgan fingerprint density at radius 3 is 2.33 bits per heavy atom. The van der Waals surface area contributed by atoms with Crippen LogP contribution in [0.1, 0.15) is 52.9 Å². The fraction of sp³-hybridized carbons (Fsp3) is 0.857. The molecule has 4 nitrogen and oxygen atoms in total. The van der Waals surface area contributed by atoms with Crippen molar-refractivity contribution in [3.63, 3.8) is 0 Å². The van der Waals surface area contributed by atoms with Crippen molar-refractivity contribution in [2.75, 3.05) is 13.1 Å². The summed E-state index contributed by atoms with van der Waals surface area (Å²) in [5, 5.41) is 9.14. The molecule has 1 heterocycles. The molecule has 1 rings (SSSR count). The molecule has 104 valence electrons. The maximum absolute atomic E-state index is 12.2. The van der Waals surface area contributed by atoms with Crippen LogP contribution in [0.15, 0.2) is 0 Å². The van der Waals surface area contributed by atoms with E-state index in [1.54, 1.807) is 6.92 Å². The second kappa shape index (κ2) is 6.21. The van der Waals surface area contributed by atoms with Crippen molar-refractivity contribution in [1.29, 1.82) is 0 Å². The molecule has 1 aliphatic rings. The van der Waals surface area contributed by atoms with Crippen LogP contribution in [0.4, 0.5) is 0 Å². The Morgan fingerprint density at radius 1 is 1.33 bits per heavy atom. The molecule has 1 amide bonds. The minimum Gasteiger partial charge on any atom is -0.481 e. The molecular formula is C14H25NO3. The highest BCUT2D eigenvalue weighted by atomic mass is 16.4. The first-order valence-corrected chi connectivity index (χ1v) is 6.93. The lowest BCUT2D eigenvalue weighted by Crippen LogP contribution is -2.46. The van der Waals surface area contributed by atoms with E-state index in [0.29, 0.717) is 25.9 Å². The Bertz CT molecular complexity index is 306. The number of hydrogen-bond donors (Lipinski definition) is 1. The third-order valence-electron chi connectivity index (χ3n) is 4.11. The second-order valence-electron chi connectivity index (χ2n) is 5.73. The summed E-state index contributed by atoms with van der Waals surface area (Å²) in [5.74, 6) is -0.483. The fourth-order valence-corrected chi connectivity index (χ4v) is 2.38. The number of amides is 1. The van der Waals surface area contributed by atoms with E-state index in [1.807, 2.05) is 11.8 Å². The van der Waals surface area contributed by atoms with Gasteiger partial charge in [-0.05, 0) is 26.2 Å². The predicted molar refractivity (Wildman–Crippen MR) is 70.2 cm³/mol. The number of carboxylic acid groups (broad SMARTS) is 1. The lowest BCUT2D eigenvalue weighted by atomic mass is 9.80. The lowest BCUT2D eigenvalue weighted by molar-refractivity contribution is -0.153. The molecule has 4 heteroatoms. The third-order valence-corrected chi connectivity index (χ3v) is 4.11. The molecule has 0 saturated carbocycles. The van der Waals surface area contributed by atoms with Crippen molar-refractivity contribution in [2.45, 2.75) is 52.9 Å². The summed E-state index contributed by atoms with van der Waals surface area (Å²) in [7, 11) is 0. The molecule has 18 heavy (non-hydrogen) atoms. The maximum Gasteiger partial charge on any atom is 0.309 e. The molecule has 0 aromatic carbocycles. The number of nitrogens with zero attached hydrogens (tertiary/aromatic N) is 1. The van der Waals surface area contributed by atoms with Crippen LogP contribution >= 0.6 is 0 Å². The van der Waals surface area contributed by atoms with Crippen molar-refractivity contribution in [2.24, 2.45) is 11.3 Å². The molecule has 0 aromatic heterocycles. The first-order valence-electron chi connectivity index (χ1n) is 6.93. The van der Waals surface area contributed by atoms with Crippen molar-refractivity contribution in [3.05, 3.63) is 0 Å².